The summed E-state index contributed by atoms with van der Waals surface area (Å²) in [6.07, 6.45) is -0.132. The van der Waals surface area contributed by atoms with Crippen LogP contribution in [-0.4, -0.2) is 29.1 Å². The van der Waals surface area contributed by atoms with Crippen LogP contribution in [0.2, 0.25) is 0 Å². The molecule has 1 N–H and O–H groups in total. The molecule has 0 aliphatic rings. The van der Waals surface area contributed by atoms with Crippen molar-refractivity contribution < 1.29 is 14.3 Å². The number of nitrogens with zero attached hydrogens (tertiary/aromatic N) is 1. The maximum Gasteiger partial charge on any atom is 0.305 e. The smallest absolute Gasteiger partial charge is 0.305 e. The highest BCUT2D eigenvalue weighted by Crippen LogP contribution is 2.34. The van der Waals surface area contributed by atoms with E-state index in [2.05, 4.69) is 15.9 Å². The lowest BCUT2D eigenvalue weighted by Gasteiger charge is -2.40. The molecule has 0 heterocycles. The van der Waals surface area contributed by atoms with Gasteiger partial charge in [-0.2, -0.15) is 0 Å². The second kappa shape index (κ2) is 6.48. The summed E-state index contributed by atoms with van der Waals surface area (Å²) in [6, 6.07) is 4.77. The van der Waals surface area contributed by atoms with Crippen molar-refractivity contribution in [2.75, 3.05) is 13.1 Å². The highest BCUT2D eigenvalue weighted by Gasteiger charge is 2.36. The Morgan fingerprint density at radius 1 is 1.42 bits per heavy atom. The Hall–Kier alpha value is -0.940. The summed E-state index contributed by atoms with van der Waals surface area (Å²) < 4.78 is 14.8. The topological polar surface area (TPSA) is 40.5 Å². The molecule has 0 fully saturated rings. The van der Waals surface area contributed by atoms with E-state index in [1.807, 2.05) is 18.7 Å². The van der Waals surface area contributed by atoms with Gasteiger partial charge in [-0.3, -0.25) is 9.69 Å². The molecule has 1 aromatic carbocycles. The summed E-state index contributed by atoms with van der Waals surface area (Å²) in [6.45, 7) is 6.99. The third-order valence-corrected chi connectivity index (χ3v) is 3.96. The van der Waals surface area contributed by atoms with Crippen LogP contribution < -0.4 is 0 Å². The molecule has 1 aromatic rings. The minimum absolute atomic E-state index is 0.132. The Balaban J connectivity index is 3.33. The van der Waals surface area contributed by atoms with E-state index in [0.717, 1.165) is 0 Å². The zero-order valence-electron chi connectivity index (χ0n) is 11.4. The molecule has 0 aliphatic heterocycles. The van der Waals surface area contributed by atoms with Crippen LogP contribution in [0.1, 0.15) is 32.8 Å². The molecule has 0 saturated carbocycles. The van der Waals surface area contributed by atoms with Crippen LogP contribution in [0.15, 0.2) is 22.7 Å². The van der Waals surface area contributed by atoms with Gasteiger partial charge in [-0.25, -0.2) is 4.39 Å². The van der Waals surface area contributed by atoms with E-state index in [-0.39, 0.29) is 12.2 Å². The molecule has 0 aliphatic carbocycles. The monoisotopic (exact) mass is 331 g/mol. The van der Waals surface area contributed by atoms with Crippen molar-refractivity contribution in [2.24, 2.45) is 0 Å². The molecule has 1 unspecified atom stereocenters. The van der Waals surface area contributed by atoms with E-state index in [4.69, 9.17) is 5.11 Å². The number of benzene rings is 1. The highest BCUT2D eigenvalue weighted by atomic mass is 79.9. The fourth-order valence-electron chi connectivity index (χ4n) is 2.52. The summed E-state index contributed by atoms with van der Waals surface area (Å²) in [5.74, 6) is -1.32. The van der Waals surface area contributed by atoms with Crippen LogP contribution in [0.3, 0.4) is 0 Å². The summed E-state index contributed by atoms with van der Waals surface area (Å²) in [5, 5.41) is 9.14. The van der Waals surface area contributed by atoms with E-state index in [9.17, 15) is 9.18 Å². The van der Waals surface area contributed by atoms with Crippen LogP contribution in [0, 0.1) is 5.82 Å². The second-order valence-corrected chi connectivity index (χ2v) is 5.56. The quantitative estimate of drug-likeness (QED) is 0.865. The predicted molar refractivity (Wildman–Crippen MR) is 76.6 cm³/mol. The zero-order valence-corrected chi connectivity index (χ0v) is 13.0. The van der Waals surface area contributed by atoms with Gasteiger partial charge in [0.05, 0.1) is 12.0 Å². The average Bonchev–Trinajstić information content (AvgIpc) is 2.28. The summed E-state index contributed by atoms with van der Waals surface area (Å²) >= 11 is 3.22. The Morgan fingerprint density at radius 3 is 2.42 bits per heavy atom. The molecular weight excluding hydrogens is 313 g/mol. The molecule has 0 spiro atoms. The van der Waals surface area contributed by atoms with E-state index in [1.54, 1.807) is 19.1 Å². The number of halogens is 2. The van der Waals surface area contributed by atoms with Gasteiger partial charge in [0.15, 0.2) is 0 Å². The minimum atomic E-state index is -0.934. The van der Waals surface area contributed by atoms with Gasteiger partial charge in [-0.15, -0.1) is 0 Å². The molecule has 106 valence electrons. The van der Waals surface area contributed by atoms with Crippen LogP contribution >= 0.6 is 15.9 Å². The van der Waals surface area contributed by atoms with Crippen molar-refractivity contribution >= 4 is 21.9 Å². The number of aliphatic carboxylic acids is 1. The van der Waals surface area contributed by atoms with Crippen molar-refractivity contribution in [1.82, 2.24) is 4.90 Å². The molecule has 0 amide bonds. The van der Waals surface area contributed by atoms with Gasteiger partial charge < -0.3 is 5.11 Å². The maximum atomic E-state index is 14.2. The molecular formula is C14H19BrFNO2. The Kier molecular flexibility index (Phi) is 5.50. The van der Waals surface area contributed by atoms with Gasteiger partial charge in [-0.1, -0.05) is 35.8 Å². The molecule has 0 bridgehead atoms. The fraction of sp³-hybridized carbons (Fsp3) is 0.500. The van der Waals surface area contributed by atoms with Crippen LogP contribution in [0.4, 0.5) is 4.39 Å². The van der Waals surface area contributed by atoms with Crippen molar-refractivity contribution in [3.05, 3.63) is 34.1 Å². The highest BCUT2D eigenvalue weighted by molar-refractivity contribution is 9.10. The van der Waals surface area contributed by atoms with Crippen molar-refractivity contribution in [3.63, 3.8) is 0 Å². The van der Waals surface area contributed by atoms with E-state index in [1.165, 1.54) is 6.07 Å². The molecule has 0 radical (unpaired) electrons. The number of carboxylic acid groups (broad SMARTS) is 1. The Labute approximate surface area is 121 Å². The third-order valence-electron chi connectivity index (χ3n) is 3.47. The van der Waals surface area contributed by atoms with Gasteiger partial charge in [0.2, 0.25) is 0 Å². The lowest BCUT2D eigenvalue weighted by Crippen LogP contribution is -2.45. The summed E-state index contributed by atoms with van der Waals surface area (Å²) in [4.78, 5) is 13.1. The van der Waals surface area contributed by atoms with Gasteiger partial charge in [0.25, 0.3) is 0 Å². The summed E-state index contributed by atoms with van der Waals surface area (Å²) in [5.41, 5.74) is -0.429. The first-order valence-corrected chi connectivity index (χ1v) is 7.06. The number of carbonyl (C=O) groups is 1. The summed E-state index contributed by atoms with van der Waals surface area (Å²) in [7, 11) is 0. The molecule has 0 aromatic heterocycles. The van der Waals surface area contributed by atoms with E-state index in [0.29, 0.717) is 23.1 Å². The van der Waals surface area contributed by atoms with Crippen LogP contribution in [0.25, 0.3) is 0 Å². The molecule has 1 atom stereocenters. The van der Waals surface area contributed by atoms with E-state index >= 15 is 0 Å². The molecule has 5 heteroatoms. The van der Waals surface area contributed by atoms with Crippen molar-refractivity contribution in [3.8, 4) is 0 Å². The van der Waals surface area contributed by atoms with Crippen molar-refractivity contribution in [2.45, 2.75) is 32.7 Å². The SMILES string of the molecule is CCN(CC)C(C)(CC(=O)O)c1ccc(Br)cc1F. The fourth-order valence-corrected chi connectivity index (χ4v) is 2.85. The molecule has 1 rings (SSSR count). The van der Waals surface area contributed by atoms with Crippen LogP contribution in [-0.2, 0) is 10.3 Å². The lowest BCUT2D eigenvalue weighted by molar-refractivity contribution is -0.140. The molecule has 3 nitrogen and oxygen atoms in total. The maximum absolute atomic E-state index is 14.2. The van der Waals surface area contributed by atoms with Gasteiger partial charge >= 0.3 is 5.97 Å². The average molecular weight is 332 g/mol. The first-order valence-electron chi connectivity index (χ1n) is 6.27. The molecule has 0 saturated heterocycles. The predicted octanol–water partition coefficient (Wildman–Crippen LogP) is 3.62. The standard InChI is InChI=1S/C14H19BrFNO2/c1-4-17(5-2)14(3,9-13(18)19)11-7-6-10(15)8-12(11)16/h6-8H,4-5,9H2,1-3H3,(H,18,19). The number of carboxylic acids is 1. The Morgan fingerprint density at radius 2 is 2.00 bits per heavy atom. The van der Waals surface area contributed by atoms with Gasteiger partial charge in [-0.05, 0) is 32.1 Å². The first-order chi connectivity index (χ1) is 8.85. The van der Waals surface area contributed by atoms with Gasteiger partial charge in [0.1, 0.15) is 5.82 Å². The Bertz CT molecular complexity index is 463. The first kappa shape index (κ1) is 16.1. The lowest BCUT2D eigenvalue weighted by atomic mass is 9.86. The van der Waals surface area contributed by atoms with Crippen molar-refractivity contribution in [1.29, 1.82) is 0 Å². The zero-order chi connectivity index (χ0) is 14.6. The normalized spacial score (nSPS) is 14.4. The van der Waals surface area contributed by atoms with Crippen LogP contribution in [0.5, 0.6) is 0 Å². The number of hydrogen-bond acceptors (Lipinski definition) is 2. The van der Waals surface area contributed by atoms with E-state index < -0.39 is 11.5 Å². The molecule has 19 heavy (non-hydrogen) atoms. The third kappa shape index (κ3) is 3.54. The number of hydrogen-bond donors (Lipinski definition) is 1. The van der Waals surface area contributed by atoms with Gasteiger partial charge in [0, 0.05) is 10.0 Å². The minimum Gasteiger partial charge on any atom is -0.481 e. The second-order valence-electron chi connectivity index (χ2n) is 4.64. The largest absolute Gasteiger partial charge is 0.481 e. The number of rotatable bonds is 6.